The summed E-state index contributed by atoms with van der Waals surface area (Å²) in [6.07, 6.45) is 0. The normalized spacial score (nSPS) is 11.1. The lowest BCUT2D eigenvalue weighted by atomic mass is 10.2. The molecule has 0 aliphatic carbocycles. The number of hydrogen-bond acceptors (Lipinski definition) is 6. The van der Waals surface area contributed by atoms with Gasteiger partial charge in [0, 0.05) is 7.05 Å². The molecule has 0 bridgehead atoms. The van der Waals surface area contributed by atoms with Gasteiger partial charge in [-0.05, 0) is 42.4 Å². The lowest BCUT2D eigenvalue weighted by Gasteiger charge is -2.06. The van der Waals surface area contributed by atoms with Crippen LogP contribution in [-0.4, -0.2) is 18.9 Å². The summed E-state index contributed by atoms with van der Waals surface area (Å²) in [5.41, 5.74) is 0.656. The maximum Gasteiger partial charge on any atom is 0.261 e. The number of rotatable bonds is 2. The van der Waals surface area contributed by atoms with Crippen LogP contribution in [0.15, 0.2) is 38.6 Å². The summed E-state index contributed by atoms with van der Waals surface area (Å²) in [6.45, 7) is 1.84. The fourth-order valence-electron chi connectivity index (χ4n) is 1.69. The first-order valence-corrected chi connectivity index (χ1v) is 7.18. The molecule has 7 heteroatoms. The van der Waals surface area contributed by atoms with Crippen LogP contribution < -0.4 is 5.56 Å². The zero-order valence-electron chi connectivity index (χ0n) is 10.3. The average molecular weight is 290 g/mol. The van der Waals surface area contributed by atoms with Crippen LogP contribution >= 0.6 is 23.3 Å². The molecule has 2 heterocycles. The van der Waals surface area contributed by atoms with E-state index in [1.165, 1.54) is 23.3 Å². The van der Waals surface area contributed by atoms with Crippen molar-refractivity contribution >= 4 is 34.2 Å². The van der Waals surface area contributed by atoms with Gasteiger partial charge in [-0.15, -0.1) is 0 Å². The van der Waals surface area contributed by atoms with Crippen molar-refractivity contribution in [3.63, 3.8) is 0 Å². The minimum atomic E-state index is -0.0469. The molecule has 5 nitrogen and oxygen atoms in total. The summed E-state index contributed by atoms with van der Waals surface area (Å²) in [5.74, 6) is 0.735. The Bertz CT molecular complexity index is 809. The topological polar surface area (TPSA) is 60.7 Å². The number of aryl methyl sites for hydroxylation is 1. The first-order chi connectivity index (χ1) is 9.15. The molecule has 0 aliphatic rings. The van der Waals surface area contributed by atoms with Crippen molar-refractivity contribution in [1.29, 1.82) is 0 Å². The molecule has 3 aromatic rings. The average Bonchev–Trinajstić information content (AvgIpc) is 2.81. The second-order valence-electron chi connectivity index (χ2n) is 3.99. The van der Waals surface area contributed by atoms with E-state index in [1.807, 2.05) is 25.1 Å². The molecule has 3 rings (SSSR count). The summed E-state index contributed by atoms with van der Waals surface area (Å²) in [5, 5.41) is 1.25. The summed E-state index contributed by atoms with van der Waals surface area (Å²) >= 11 is 2.67. The molecule has 0 unspecified atom stereocenters. The van der Waals surface area contributed by atoms with Crippen molar-refractivity contribution in [2.75, 3.05) is 0 Å². The Morgan fingerprint density at radius 3 is 2.79 bits per heavy atom. The van der Waals surface area contributed by atoms with Crippen molar-refractivity contribution < 1.29 is 0 Å². The summed E-state index contributed by atoms with van der Waals surface area (Å²) in [6, 6.07) is 7.34. The van der Waals surface area contributed by atoms with E-state index in [-0.39, 0.29) is 5.56 Å². The van der Waals surface area contributed by atoms with Crippen LogP contribution in [0.5, 0.6) is 0 Å². The molecule has 96 valence electrons. The largest absolute Gasteiger partial charge is 0.290 e. The standard InChI is InChI=1S/C12H10N4OS2/c1-7-13-12(19-15-7)18-11-14-9-6-4-3-5-8(9)10(17)16(11)2/h3-6H,1-2H3. The van der Waals surface area contributed by atoms with Crippen LogP contribution in [0.25, 0.3) is 10.9 Å². The van der Waals surface area contributed by atoms with E-state index in [9.17, 15) is 4.79 Å². The van der Waals surface area contributed by atoms with Crippen molar-refractivity contribution in [1.82, 2.24) is 18.9 Å². The number of aromatic nitrogens is 4. The predicted molar refractivity (Wildman–Crippen MR) is 75.8 cm³/mol. The predicted octanol–water partition coefficient (Wildman–Crippen LogP) is 2.24. The number of para-hydroxylation sites is 1. The molecule has 0 saturated heterocycles. The van der Waals surface area contributed by atoms with Gasteiger partial charge in [-0.2, -0.15) is 4.37 Å². The van der Waals surface area contributed by atoms with Gasteiger partial charge in [0.15, 0.2) is 9.50 Å². The van der Waals surface area contributed by atoms with Crippen molar-refractivity contribution in [3.05, 3.63) is 40.4 Å². The fraction of sp³-hybridized carbons (Fsp3) is 0.167. The highest BCUT2D eigenvalue weighted by atomic mass is 32.2. The summed E-state index contributed by atoms with van der Waals surface area (Å²) in [4.78, 5) is 21.0. The molecule has 2 aromatic heterocycles. The molecule has 1 aromatic carbocycles. The summed E-state index contributed by atoms with van der Waals surface area (Å²) < 4.78 is 6.45. The Morgan fingerprint density at radius 2 is 2.05 bits per heavy atom. The SMILES string of the molecule is Cc1nsc(Sc2nc3ccccc3c(=O)n2C)n1. The van der Waals surface area contributed by atoms with Gasteiger partial charge in [-0.3, -0.25) is 9.36 Å². The van der Waals surface area contributed by atoms with Gasteiger partial charge in [0.05, 0.1) is 10.9 Å². The van der Waals surface area contributed by atoms with Crippen molar-refractivity contribution in [2.24, 2.45) is 7.05 Å². The Hall–Kier alpha value is -1.73. The molecule has 0 atom stereocenters. The highest BCUT2D eigenvalue weighted by Gasteiger charge is 2.11. The molecule has 0 amide bonds. The minimum absolute atomic E-state index is 0.0469. The number of nitrogens with zero attached hydrogens (tertiary/aromatic N) is 4. The molecule has 0 radical (unpaired) electrons. The van der Waals surface area contributed by atoms with E-state index < -0.39 is 0 Å². The van der Waals surface area contributed by atoms with Gasteiger partial charge in [0.25, 0.3) is 5.56 Å². The zero-order valence-corrected chi connectivity index (χ0v) is 12.0. The maximum atomic E-state index is 12.2. The first kappa shape index (κ1) is 12.3. The van der Waals surface area contributed by atoms with Gasteiger partial charge in [0.2, 0.25) is 0 Å². The Morgan fingerprint density at radius 1 is 1.26 bits per heavy atom. The fourth-order valence-corrected chi connectivity index (χ4v) is 3.29. The molecule has 0 aliphatic heterocycles. The van der Waals surface area contributed by atoms with Crippen LogP contribution in [0.4, 0.5) is 0 Å². The van der Waals surface area contributed by atoms with Crippen LogP contribution in [0, 0.1) is 6.92 Å². The van der Waals surface area contributed by atoms with Crippen molar-refractivity contribution in [2.45, 2.75) is 16.4 Å². The third-order valence-electron chi connectivity index (χ3n) is 2.63. The minimum Gasteiger partial charge on any atom is -0.290 e. The van der Waals surface area contributed by atoms with E-state index in [0.717, 1.165) is 10.2 Å². The molecular formula is C12H10N4OS2. The van der Waals surface area contributed by atoms with Crippen LogP contribution in [0.2, 0.25) is 0 Å². The Balaban J connectivity index is 2.13. The zero-order chi connectivity index (χ0) is 13.4. The third-order valence-corrected chi connectivity index (χ3v) is 4.52. The van der Waals surface area contributed by atoms with E-state index in [1.54, 1.807) is 17.7 Å². The maximum absolute atomic E-state index is 12.2. The molecule has 0 saturated carbocycles. The highest BCUT2D eigenvalue weighted by molar-refractivity contribution is 8.00. The molecule has 0 N–H and O–H groups in total. The number of benzene rings is 1. The second-order valence-corrected chi connectivity index (χ2v) is 5.95. The highest BCUT2D eigenvalue weighted by Crippen LogP contribution is 2.27. The van der Waals surface area contributed by atoms with E-state index in [4.69, 9.17) is 0 Å². The smallest absolute Gasteiger partial charge is 0.261 e. The number of hydrogen-bond donors (Lipinski definition) is 0. The van der Waals surface area contributed by atoms with Crippen LogP contribution in [0.1, 0.15) is 5.82 Å². The Kier molecular flexibility index (Phi) is 3.08. The molecular weight excluding hydrogens is 280 g/mol. The van der Waals surface area contributed by atoms with Gasteiger partial charge in [-0.1, -0.05) is 12.1 Å². The molecule has 19 heavy (non-hydrogen) atoms. The van der Waals surface area contributed by atoms with E-state index in [2.05, 4.69) is 14.3 Å². The van der Waals surface area contributed by atoms with E-state index in [0.29, 0.717) is 16.1 Å². The van der Waals surface area contributed by atoms with Crippen LogP contribution in [-0.2, 0) is 7.05 Å². The van der Waals surface area contributed by atoms with Crippen molar-refractivity contribution in [3.8, 4) is 0 Å². The summed E-state index contributed by atoms with van der Waals surface area (Å²) in [7, 11) is 1.72. The van der Waals surface area contributed by atoms with Gasteiger partial charge in [0.1, 0.15) is 5.82 Å². The van der Waals surface area contributed by atoms with Gasteiger partial charge >= 0.3 is 0 Å². The van der Waals surface area contributed by atoms with Gasteiger partial charge in [-0.25, -0.2) is 9.97 Å². The lowest BCUT2D eigenvalue weighted by Crippen LogP contribution is -2.19. The van der Waals surface area contributed by atoms with E-state index >= 15 is 0 Å². The molecule has 0 fully saturated rings. The first-order valence-electron chi connectivity index (χ1n) is 5.59. The Labute approximate surface area is 117 Å². The van der Waals surface area contributed by atoms with Gasteiger partial charge < -0.3 is 0 Å². The quantitative estimate of drug-likeness (QED) is 0.677. The molecule has 0 spiro atoms. The number of fused-ring (bicyclic) bond motifs is 1. The lowest BCUT2D eigenvalue weighted by molar-refractivity contribution is 0.726. The van der Waals surface area contributed by atoms with Crippen LogP contribution in [0.3, 0.4) is 0 Å². The monoisotopic (exact) mass is 290 g/mol. The second kappa shape index (κ2) is 4.75. The third kappa shape index (κ3) is 2.26.